The molecule has 0 amide bonds. The molecule has 0 radical (unpaired) electrons. The quantitative estimate of drug-likeness (QED) is 0.677. The number of anilines is 1. The van der Waals surface area contributed by atoms with Crippen LogP contribution in [0.15, 0.2) is 47.4 Å². The van der Waals surface area contributed by atoms with Gasteiger partial charge in [0.25, 0.3) is 10.1 Å². The number of benzene rings is 2. The summed E-state index contributed by atoms with van der Waals surface area (Å²) in [6.45, 7) is 2.39. The van der Waals surface area contributed by atoms with Gasteiger partial charge in [-0.1, -0.05) is 29.3 Å². The van der Waals surface area contributed by atoms with Gasteiger partial charge in [-0.3, -0.25) is 4.18 Å². The third-order valence-corrected chi connectivity index (χ3v) is 6.04. The van der Waals surface area contributed by atoms with Crippen molar-refractivity contribution in [1.82, 2.24) is 0 Å². The molecule has 1 atom stereocenters. The molecule has 0 aromatic heterocycles. The second-order valence-corrected chi connectivity index (χ2v) is 8.36. The normalized spacial score (nSPS) is 18.1. The van der Waals surface area contributed by atoms with Crippen LogP contribution < -0.4 is 4.90 Å². The molecule has 3 rings (SSSR count). The lowest BCUT2D eigenvalue weighted by Crippen LogP contribution is -2.25. The summed E-state index contributed by atoms with van der Waals surface area (Å²) in [6, 6.07) is 9.91. The third kappa shape index (κ3) is 4.56. The monoisotopic (exact) mass is 419 g/mol. The number of halogens is 4. The van der Waals surface area contributed by atoms with E-state index < -0.39 is 28.0 Å². The minimum absolute atomic E-state index is 0.0531. The zero-order valence-electron chi connectivity index (χ0n) is 14.3. The first-order chi connectivity index (χ1) is 12.6. The van der Waals surface area contributed by atoms with Crippen molar-refractivity contribution in [1.29, 1.82) is 0 Å². The maximum absolute atomic E-state index is 13.0. The Morgan fingerprint density at radius 1 is 1.15 bits per heavy atom. The lowest BCUT2D eigenvalue weighted by molar-refractivity contribution is -0.137. The molecule has 1 unspecified atom stereocenters. The molecule has 1 fully saturated rings. The highest BCUT2D eigenvalue weighted by Crippen LogP contribution is 2.37. The molecule has 0 bridgehead atoms. The van der Waals surface area contributed by atoms with Gasteiger partial charge in [0, 0.05) is 18.8 Å². The molecule has 0 saturated carbocycles. The maximum Gasteiger partial charge on any atom is 0.417 e. The van der Waals surface area contributed by atoms with Gasteiger partial charge in [-0.05, 0) is 43.7 Å². The molecule has 2 aromatic rings. The fourth-order valence-corrected chi connectivity index (χ4v) is 4.23. The molecular formula is C18H17ClF3NO3S. The number of alkyl halides is 3. The van der Waals surface area contributed by atoms with Crippen LogP contribution in [-0.4, -0.2) is 27.6 Å². The topological polar surface area (TPSA) is 46.6 Å². The van der Waals surface area contributed by atoms with Crippen LogP contribution in [0.25, 0.3) is 0 Å². The van der Waals surface area contributed by atoms with Crippen molar-refractivity contribution in [3.8, 4) is 0 Å². The number of hydrogen-bond acceptors (Lipinski definition) is 4. The van der Waals surface area contributed by atoms with Crippen molar-refractivity contribution in [2.75, 3.05) is 18.0 Å². The van der Waals surface area contributed by atoms with Crippen molar-refractivity contribution in [3.63, 3.8) is 0 Å². The summed E-state index contributed by atoms with van der Waals surface area (Å²) in [5.74, 6) is 0. The minimum Gasteiger partial charge on any atom is -0.369 e. The third-order valence-electron chi connectivity index (χ3n) is 4.34. The van der Waals surface area contributed by atoms with E-state index in [1.807, 2.05) is 6.92 Å². The highest BCUT2D eigenvalue weighted by Gasteiger charge is 2.35. The second kappa shape index (κ2) is 7.33. The number of rotatable bonds is 4. The Morgan fingerprint density at radius 2 is 1.81 bits per heavy atom. The van der Waals surface area contributed by atoms with E-state index in [2.05, 4.69) is 0 Å². The van der Waals surface area contributed by atoms with Gasteiger partial charge >= 0.3 is 6.18 Å². The minimum atomic E-state index is -4.56. The molecular weight excluding hydrogens is 403 g/mol. The van der Waals surface area contributed by atoms with Gasteiger partial charge in [0.2, 0.25) is 0 Å². The first kappa shape index (κ1) is 20.0. The van der Waals surface area contributed by atoms with Crippen molar-refractivity contribution in [2.24, 2.45) is 0 Å². The van der Waals surface area contributed by atoms with E-state index in [9.17, 15) is 21.6 Å². The van der Waals surface area contributed by atoms with E-state index in [0.29, 0.717) is 18.7 Å². The van der Waals surface area contributed by atoms with Crippen LogP contribution in [0.5, 0.6) is 0 Å². The van der Waals surface area contributed by atoms with Crippen LogP contribution in [0.1, 0.15) is 17.5 Å². The van der Waals surface area contributed by atoms with Crippen molar-refractivity contribution in [2.45, 2.75) is 30.5 Å². The van der Waals surface area contributed by atoms with Crippen molar-refractivity contribution >= 4 is 27.4 Å². The van der Waals surface area contributed by atoms with Crippen LogP contribution in [-0.2, 0) is 20.5 Å². The molecule has 9 heteroatoms. The van der Waals surface area contributed by atoms with Crippen LogP contribution >= 0.6 is 11.6 Å². The lowest BCUT2D eigenvalue weighted by Gasteiger charge is -2.20. The molecule has 2 aromatic carbocycles. The molecule has 146 valence electrons. The summed E-state index contributed by atoms with van der Waals surface area (Å²) in [6.07, 6.45) is -4.81. The van der Waals surface area contributed by atoms with Crippen LogP contribution in [0.3, 0.4) is 0 Å². The summed E-state index contributed by atoms with van der Waals surface area (Å²) in [5.41, 5.74) is 0.327. The van der Waals surface area contributed by atoms with E-state index >= 15 is 0 Å². The van der Waals surface area contributed by atoms with E-state index in [1.165, 1.54) is 24.3 Å². The molecule has 0 N–H and O–H groups in total. The van der Waals surface area contributed by atoms with E-state index in [4.69, 9.17) is 15.8 Å². The number of nitrogens with zero attached hydrogens (tertiary/aromatic N) is 1. The summed E-state index contributed by atoms with van der Waals surface area (Å²) < 4.78 is 69.1. The Hall–Kier alpha value is -1.77. The smallest absolute Gasteiger partial charge is 0.369 e. The summed E-state index contributed by atoms with van der Waals surface area (Å²) in [5, 5.41) is -0.375. The Labute approximate surface area is 160 Å². The van der Waals surface area contributed by atoms with Crippen LogP contribution in [0.2, 0.25) is 5.02 Å². The molecule has 0 aliphatic carbocycles. The standard InChI is InChI=1S/C18H17ClF3NO3S/c1-12-2-5-15(6-3-12)27(24,25)26-14-8-9-23(11-14)13-4-7-17(19)16(10-13)18(20,21)22/h2-7,10,14H,8-9,11H2,1H3. The fraction of sp³-hybridized carbons (Fsp3) is 0.333. The number of hydrogen-bond donors (Lipinski definition) is 0. The Bertz CT molecular complexity index is 930. The summed E-state index contributed by atoms with van der Waals surface area (Å²) >= 11 is 5.64. The molecule has 1 saturated heterocycles. The van der Waals surface area contributed by atoms with E-state index in [-0.39, 0.29) is 16.5 Å². The van der Waals surface area contributed by atoms with Gasteiger partial charge in [-0.15, -0.1) is 0 Å². The summed E-state index contributed by atoms with van der Waals surface area (Å²) in [7, 11) is -3.93. The molecule has 1 aliphatic rings. The van der Waals surface area contributed by atoms with Crippen molar-refractivity contribution in [3.05, 3.63) is 58.6 Å². The van der Waals surface area contributed by atoms with Crippen LogP contribution in [0, 0.1) is 6.92 Å². The largest absolute Gasteiger partial charge is 0.417 e. The molecule has 0 spiro atoms. The lowest BCUT2D eigenvalue weighted by atomic mass is 10.2. The van der Waals surface area contributed by atoms with E-state index in [0.717, 1.165) is 11.6 Å². The van der Waals surface area contributed by atoms with Gasteiger partial charge in [0.1, 0.15) is 0 Å². The first-order valence-electron chi connectivity index (χ1n) is 8.18. The van der Waals surface area contributed by atoms with E-state index in [1.54, 1.807) is 17.0 Å². The highest BCUT2D eigenvalue weighted by atomic mass is 35.5. The predicted octanol–water partition coefficient (Wildman–Crippen LogP) is 4.65. The SMILES string of the molecule is Cc1ccc(S(=O)(=O)OC2CCN(c3ccc(Cl)c(C(F)(F)F)c3)C2)cc1. The van der Waals surface area contributed by atoms with Gasteiger partial charge in [-0.25, -0.2) is 0 Å². The fourth-order valence-electron chi connectivity index (χ4n) is 2.91. The average Bonchev–Trinajstić information content (AvgIpc) is 3.02. The predicted molar refractivity (Wildman–Crippen MR) is 96.5 cm³/mol. The van der Waals surface area contributed by atoms with Gasteiger partial charge < -0.3 is 4.90 Å². The van der Waals surface area contributed by atoms with Crippen molar-refractivity contribution < 1.29 is 25.8 Å². The summed E-state index contributed by atoms with van der Waals surface area (Å²) in [4.78, 5) is 1.71. The number of aryl methyl sites for hydroxylation is 1. The van der Waals surface area contributed by atoms with Crippen LogP contribution in [0.4, 0.5) is 18.9 Å². The Kier molecular flexibility index (Phi) is 5.42. The van der Waals surface area contributed by atoms with Gasteiger partial charge in [0.15, 0.2) is 0 Å². The molecule has 27 heavy (non-hydrogen) atoms. The second-order valence-electron chi connectivity index (χ2n) is 6.38. The van der Waals surface area contributed by atoms with Gasteiger partial charge in [0.05, 0.1) is 21.6 Å². The zero-order chi connectivity index (χ0) is 19.8. The molecule has 4 nitrogen and oxygen atoms in total. The first-order valence-corrected chi connectivity index (χ1v) is 9.96. The molecule has 1 aliphatic heterocycles. The Balaban J connectivity index is 1.73. The highest BCUT2D eigenvalue weighted by molar-refractivity contribution is 7.86. The molecule has 1 heterocycles. The van der Waals surface area contributed by atoms with Gasteiger partial charge in [-0.2, -0.15) is 21.6 Å². The Morgan fingerprint density at radius 3 is 2.44 bits per heavy atom. The maximum atomic E-state index is 13.0. The average molecular weight is 420 g/mol. The zero-order valence-corrected chi connectivity index (χ0v) is 15.9.